The van der Waals surface area contributed by atoms with E-state index in [4.69, 9.17) is 28.8 Å². The van der Waals surface area contributed by atoms with E-state index in [-0.39, 0.29) is 18.0 Å². The number of pyridine rings is 1. The van der Waals surface area contributed by atoms with Crippen LogP contribution in [0.1, 0.15) is 27.8 Å². The molecule has 0 saturated carbocycles. The van der Waals surface area contributed by atoms with Crippen LogP contribution in [0.15, 0.2) is 76.6 Å². The molecule has 1 amide bonds. The summed E-state index contributed by atoms with van der Waals surface area (Å²) in [7, 11) is 0. The fraction of sp³-hybridized carbons (Fsp3) is 0.172. The van der Waals surface area contributed by atoms with E-state index in [2.05, 4.69) is 17.0 Å². The molecule has 2 aromatic carbocycles. The molecule has 0 atom stereocenters. The van der Waals surface area contributed by atoms with E-state index >= 15 is 0 Å². The van der Waals surface area contributed by atoms with Crippen LogP contribution in [0.2, 0.25) is 5.02 Å². The van der Waals surface area contributed by atoms with Crippen LogP contribution in [-0.4, -0.2) is 31.1 Å². The van der Waals surface area contributed by atoms with Crippen LogP contribution in [0.5, 0.6) is 0 Å². The number of anilines is 1. The van der Waals surface area contributed by atoms with E-state index in [1.54, 1.807) is 22.7 Å². The van der Waals surface area contributed by atoms with Crippen LogP contribution in [0, 0.1) is 6.92 Å². The molecule has 2 aromatic heterocycles. The monoisotopic (exact) mass is 558 g/mol. The van der Waals surface area contributed by atoms with E-state index in [0.29, 0.717) is 37.8 Å². The number of hydrogen-bond donors (Lipinski definition) is 0. The number of amides is 1. The fourth-order valence-corrected chi connectivity index (χ4v) is 6.29. The number of carbonyl (C=O) groups is 1. The Balaban J connectivity index is 1.43. The van der Waals surface area contributed by atoms with Gasteiger partial charge >= 0.3 is 0 Å². The number of nitrogens with zero attached hydrogens (tertiary/aromatic N) is 4. The molecule has 0 spiro atoms. The Labute approximate surface area is 234 Å². The highest BCUT2D eigenvalue weighted by atomic mass is 35.5. The summed E-state index contributed by atoms with van der Waals surface area (Å²) in [6, 6.07) is 19.5. The third kappa shape index (κ3) is 4.53. The molecule has 0 radical (unpaired) electrons. The highest BCUT2D eigenvalue weighted by Gasteiger charge is 2.33. The van der Waals surface area contributed by atoms with Crippen LogP contribution in [0.4, 0.5) is 5.82 Å². The molecule has 0 bridgehead atoms. The van der Waals surface area contributed by atoms with Gasteiger partial charge in [0.15, 0.2) is 0 Å². The molecule has 0 aliphatic carbocycles. The number of halogens is 1. The average Bonchev–Trinajstić information content (AvgIpc) is 3.18. The average molecular weight is 559 g/mol. The summed E-state index contributed by atoms with van der Waals surface area (Å²) < 4.78 is 1.98. The lowest BCUT2D eigenvalue weighted by atomic mass is 9.99. The van der Waals surface area contributed by atoms with Gasteiger partial charge in [-0.25, -0.2) is 4.98 Å². The number of aryl methyl sites for hydroxylation is 1. The first kappa shape index (κ1) is 24.9. The predicted octanol–water partition coefficient (Wildman–Crippen LogP) is 5.62. The van der Waals surface area contributed by atoms with Crippen molar-refractivity contribution in [1.82, 2.24) is 14.3 Å². The van der Waals surface area contributed by atoms with Crippen molar-refractivity contribution in [3.8, 4) is 0 Å². The van der Waals surface area contributed by atoms with Crippen molar-refractivity contribution in [2.45, 2.75) is 26.4 Å². The molecule has 190 valence electrons. The Morgan fingerprint density at radius 2 is 1.82 bits per heavy atom. The summed E-state index contributed by atoms with van der Waals surface area (Å²) in [5.74, 6) is 0.327. The zero-order chi connectivity index (χ0) is 26.4. The molecule has 2 aliphatic heterocycles. The molecule has 1 fully saturated rings. The van der Waals surface area contributed by atoms with Crippen molar-refractivity contribution in [3.05, 3.63) is 115 Å². The Bertz CT molecular complexity index is 1710. The maximum atomic E-state index is 13.9. The van der Waals surface area contributed by atoms with Gasteiger partial charge in [0, 0.05) is 24.3 Å². The minimum absolute atomic E-state index is 0.219. The summed E-state index contributed by atoms with van der Waals surface area (Å²) in [6.45, 7) is 3.56. The third-order valence-electron chi connectivity index (χ3n) is 6.85. The van der Waals surface area contributed by atoms with Crippen LogP contribution in [-0.2, 0) is 24.3 Å². The van der Waals surface area contributed by atoms with Crippen molar-refractivity contribution in [2.75, 3.05) is 11.4 Å². The molecule has 0 unspecified atom stereocenters. The van der Waals surface area contributed by atoms with E-state index < -0.39 is 0 Å². The van der Waals surface area contributed by atoms with Crippen molar-refractivity contribution >= 4 is 63.3 Å². The maximum Gasteiger partial charge on any atom is 0.267 e. The van der Waals surface area contributed by atoms with Crippen LogP contribution in [0.3, 0.4) is 0 Å². The van der Waals surface area contributed by atoms with Gasteiger partial charge in [0.1, 0.15) is 15.8 Å². The Kier molecular flexibility index (Phi) is 6.55. The standard InChI is InChI=1S/C29H23ClN4O2S2/c1-18-10-11-25-31-26(32-13-12-19-6-2-3-7-20(19)16-32)22(27(35)33(25)15-18)14-24-28(36)34(29(37)38-24)17-21-8-4-5-9-23(21)30/h2-11,14-15H,12-13,16-17H2,1H3/b24-14+. The largest absolute Gasteiger partial charge is 0.351 e. The van der Waals surface area contributed by atoms with Crippen LogP contribution in [0.25, 0.3) is 11.7 Å². The van der Waals surface area contributed by atoms with Gasteiger partial charge in [-0.05, 0) is 53.8 Å². The van der Waals surface area contributed by atoms with Gasteiger partial charge in [-0.3, -0.25) is 18.9 Å². The molecule has 38 heavy (non-hydrogen) atoms. The lowest BCUT2D eigenvalue weighted by Gasteiger charge is -2.30. The van der Waals surface area contributed by atoms with Gasteiger partial charge in [-0.1, -0.05) is 84.1 Å². The Morgan fingerprint density at radius 1 is 1.05 bits per heavy atom. The number of thiocarbonyl (C=S) groups is 1. The van der Waals surface area contributed by atoms with Crippen molar-refractivity contribution < 1.29 is 4.79 Å². The highest BCUT2D eigenvalue weighted by molar-refractivity contribution is 8.26. The second-order valence-corrected chi connectivity index (χ2v) is 11.5. The first-order valence-corrected chi connectivity index (χ1v) is 13.8. The van der Waals surface area contributed by atoms with Crippen LogP contribution >= 0.6 is 35.6 Å². The first-order chi connectivity index (χ1) is 18.4. The summed E-state index contributed by atoms with van der Waals surface area (Å²) in [5, 5.41) is 0.575. The van der Waals surface area contributed by atoms with Gasteiger partial charge in [0.25, 0.3) is 11.5 Å². The minimum Gasteiger partial charge on any atom is -0.351 e. The number of hydrogen-bond acceptors (Lipinski definition) is 6. The van der Waals surface area contributed by atoms with E-state index in [1.807, 2.05) is 49.4 Å². The molecular formula is C29H23ClN4O2S2. The lowest BCUT2D eigenvalue weighted by Crippen LogP contribution is -2.34. The third-order valence-corrected chi connectivity index (χ3v) is 8.60. The number of thioether (sulfide) groups is 1. The second kappa shape index (κ2) is 10.0. The summed E-state index contributed by atoms with van der Waals surface area (Å²) in [4.78, 5) is 36.3. The van der Waals surface area contributed by atoms with Gasteiger partial charge < -0.3 is 4.90 Å². The number of aromatic nitrogens is 2. The highest BCUT2D eigenvalue weighted by Crippen LogP contribution is 2.36. The lowest BCUT2D eigenvalue weighted by molar-refractivity contribution is -0.122. The fourth-order valence-electron chi connectivity index (χ4n) is 4.86. The zero-order valence-electron chi connectivity index (χ0n) is 20.6. The van der Waals surface area contributed by atoms with E-state index in [0.717, 1.165) is 24.1 Å². The summed E-state index contributed by atoms with van der Waals surface area (Å²) in [6.07, 6.45) is 4.29. The smallest absolute Gasteiger partial charge is 0.267 e. The first-order valence-electron chi connectivity index (χ1n) is 12.2. The van der Waals surface area contributed by atoms with Crippen molar-refractivity contribution in [2.24, 2.45) is 0 Å². The Hall–Kier alpha value is -3.46. The molecule has 4 heterocycles. The minimum atomic E-state index is -0.247. The summed E-state index contributed by atoms with van der Waals surface area (Å²) in [5.41, 5.74) is 4.99. The number of fused-ring (bicyclic) bond motifs is 2. The number of carbonyl (C=O) groups excluding carboxylic acids is 1. The second-order valence-electron chi connectivity index (χ2n) is 9.39. The molecule has 4 aromatic rings. The molecule has 6 nitrogen and oxygen atoms in total. The van der Waals surface area contributed by atoms with Gasteiger partial charge in [0.2, 0.25) is 0 Å². The normalized spacial score (nSPS) is 16.5. The summed E-state index contributed by atoms with van der Waals surface area (Å²) >= 11 is 13.1. The molecule has 6 rings (SSSR count). The van der Waals surface area contributed by atoms with Crippen molar-refractivity contribution in [1.29, 1.82) is 0 Å². The van der Waals surface area contributed by atoms with Crippen molar-refractivity contribution in [3.63, 3.8) is 0 Å². The molecule has 9 heteroatoms. The van der Waals surface area contributed by atoms with E-state index in [9.17, 15) is 9.59 Å². The number of benzene rings is 2. The van der Waals surface area contributed by atoms with Gasteiger partial charge in [-0.2, -0.15) is 0 Å². The molecule has 0 N–H and O–H groups in total. The zero-order valence-corrected chi connectivity index (χ0v) is 22.9. The molecule has 2 aliphatic rings. The van der Waals surface area contributed by atoms with Gasteiger partial charge in [-0.15, -0.1) is 0 Å². The predicted molar refractivity (Wildman–Crippen MR) is 158 cm³/mol. The van der Waals surface area contributed by atoms with Gasteiger partial charge in [0.05, 0.1) is 17.0 Å². The topological polar surface area (TPSA) is 57.9 Å². The number of rotatable bonds is 4. The van der Waals surface area contributed by atoms with Crippen LogP contribution < -0.4 is 10.5 Å². The quantitative estimate of drug-likeness (QED) is 0.239. The Morgan fingerprint density at radius 3 is 2.63 bits per heavy atom. The maximum absolute atomic E-state index is 13.9. The SMILES string of the molecule is Cc1ccc2nc(N3CCc4ccccc4C3)c(/C=C3/SC(=S)N(Cc4ccccc4Cl)C3=O)c(=O)n2c1. The molecule has 1 saturated heterocycles. The molecular weight excluding hydrogens is 536 g/mol. The van der Waals surface area contributed by atoms with E-state index in [1.165, 1.54) is 27.8 Å².